The summed E-state index contributed by atoms with van der Waals surface area (Å²) in [6.45, 7) is 5.92. The molecule has 0 N–H and O–H groups in total. The predicted octanol–water partition coefficient (Wildman–Crippen LogP) is 1.77. The van der Waals surface area contributed by atoms with E-state index in [1.807, 2.05) is 11.0 Å². The van der Waals surface area contributed by atoms with Crippen LogP contribution in [-0.4, -0.2) is 44.0 Å². The maximum absolute atomic E-state index is 12.5. The zero-order valence-electron chi connectivity index (χ0n) is 11.2. The van der Waals surface area contributed by atoms with Gasteiger partial charge in [0.25, 0.3) is 0 Å². The summed E-state index contributed by atoms with van der Waals surface area (Å²) >= 11 is 0. The molecule has 0 aliphatic carbocycles. The van der Waals surface area contributed by atoms with E-state index in [0.29, 0.717) is 23.0 Å². The Morgan fingerprint density at radius 3 is 2.79 bits per heavy atom. The minimum absolute atomic E-state index is 0.103. The smallest absolute Gasteiger partial charge is 0.322 e. The maximum Gasteiger partial charge on any atom is 0.346 e. The molecule has 0 radical (unpaired) electrons. The van der Waals surface area contributed by atoms with Gasteiger partial charge in [0.05, 0.1) is 0 Å². The monoisotopic (exact) mass is 259 g/mol. The topological polar surface area (TPSA) is 63.9 Å². The van der Waals surface area contributed by atoms with Gasteiger partial charge in [-0.05, 0) is 30.4 Å². The molecule has 19 heavy (non-hydrogen) atoms. The number of nitrogens with zero attached hydrogens (tertiary/aromatic N) is 5. The van der Waals surface area contributed by atoms with Crippen molar-refractivity contribution in [1.29, 1.82) is 0 Å². The van der Waals surface area contributed by atoms with Gasteiger partial charge in [0.15, 0.2) is 0 Å². The number of hydrogen-bond donors (Lipinski definition) is 0. The number of pyridine rings is 1. The molecule has 2 aromatic rings. The van der Waals surface area contributed by atoms with E-state index < -0.39 is 0 Å². The van der Waals surface area contributed by atoms with Crippen LogP contribution >= 0.6 is 0 Å². The fourth-order valence-corrected chi connectivity index (χ4v) is 2.86. The minimum Gasteiger partial charge on any atom is -0.322 e. The lowest BCUT2D eigenvalue weighted by atomic mass is 9.92. The van der Waals surface area contributed by atoms with Gasteiger partial charge in [0.1, 0.15) is 5.52 Å². The van der Waals surface area contributed by atoms with Gasteiger partial charge >= 0.3 is 6.03 Å². The third-order valence-electron chi connectivity index (χ3n) is 3.54. The summed E-state index contributed by atoms with van der Waals surface area (Å²) in [7, 11) is 0. The summed E-state index contributed by atoms with van der Waals surface area (Å²) in [4.78, 5) is 18.5. The molecule has 1 aliphatic heterocycles. The number of carbonyl (C=O) groups excluding carboxylic acids is 1. The van der Waals surface area contributed by atoms with Crippen molar-refractivity contribution in [2.75, 3.05) is 13.1 Å². The van der Waals surface area contributed by atoms with Crippen molar-refractivity contribution in [2.45, 2.75) is 20.3 Å². The Morgan fingerprint density at radius 2 is 2.05 bits per heavy atom. The van der Waals surface area contributed by atoms with E-state index >= 15 is 0 Å². The third kappa shape index (κ3) is 2.18. The average Bonchev–Trinajstić information content (AvgIpc) is 2.80. The van der Waals surface area contributed by atoms with Crippen LogP contribution in [0.15, 0.2) is 18.3 Å². The Morgan fingerprint density at radius 1 is 1.32 bits per heavy atom. The first-order chi connectivity index (χ1) is 9.15. The normalized spacial score (nSPS) is 23.8. The first kappa shape index (κ1) is 12.1. The fourth-order valence-electron chi connectivity index (χ4n) is 2.86. The molecule has 1 fully saturated rings. The summed E-state index contributed by atoms with van der Waals surface area (Å²) < 4.78 is 1.35. The second-order valence-electron chi connectivity index (χ2n) is 5.48. The zero-order chi connectivity index (χ0) is 13.4. The van der Waals surface area contributed by atoms with E-state index in [1.54, 1.807) is 12.3 Å². The number of carbonyl (C=O) groups is 1. The summed E-state index contributed by atoms with van der Waals surface area (Å²) in [6.07, 6.45) is 2.82. The first-order valence-corrected chi connectivity index (χ1v) is 6.61. The molecule has 2 unspecified atom stereocenters. The molecule has 0 spiro atoms. The highest BCUT2D eigenvalue weighted by molar-refractivity contribution is 5.86. The SMILES string of the molecule is CC1CC(C)CN(C(=O)n2nnc3ncccc32)C1. The molecule has 0 aromatic carbocycles. The van der Waals surface area contributed by atoms with Crippen molar-refractivity contribution >= 4 is 17.2 Å². The van der Waals surface area contributed by atoms with E-state index in [0.717, 1.165) is 13.1 Å². The molecule has 6 nitrogen and oxygen atoms in total. The van der Waals surface area contributed by atoms with Crippen LogP contribution in [-0.2, 0) is 0 Å². The number of piperidine rings is 1. The highest BCUT2D eigenvalue weighted by Gasteiger charge is 2.27. The Hall–Kier alpha value is -1.98. The lowest BCUT2D eigenvalue weighted by Crippen LogP contribution is -2.44. The van der Waals surface area contributed by atoms with Crippen LogP contribution in [0.3, 0.4) is 0 Å². The largest absolute Gasteiger partial charge is 0.346 e. The van der Waals surface area contributed by atoms with Crippen LogP contribution < -0.4 is 0 Å². The number of likely N-dealkylation sites (tertiary alicyclic amines) is 1. The molecule has 100 valence electrons. The first-order valence-electron chi connectivity index (χ1n) is 6.61. The van der Waals surface area contributed by atoms with Crippen molar-refractivity contribution in [2.24, 2.45) is 11.8 Å². The standard InChI is InChI=1S/C13H17N5O/c1-9-6-10(2)8-17(7-9)13(19)18-11-4-3-5-14-12(11)15-16-18/h3-5,9-10H,6-8H2,1-2H3. The summed E-state index contributed by atoms with van der Waals surface area (Å²) in [5.41, 5.74) is 1.17. The molecule has 3 rings (SSSR count). The molecule has 1 saturated heterocycles. The second kappa shape index (κ2) is 4.60. The number of rotatable bonds is 0. The van der Waals surface area contributed by atoms with Gasteiger partial charge in [0, 0.05) is 19.3 Å². The second-order valence-corrected chi connectivity index (χ2v) is 5.48. The Kier molecular flexibility index (Phi) is 2.93. The molecule has 0 saturated carbocycles. The Bertz CT molecular complexity index is 598. The lowest BCUT2D eigenvalue weighted by Gasteiger charge is -2.34. The van der Waals surface area contributed by atoms with Crippen molar-refractivity contribution in [3.05, 3.63) is 18.3 Å². The molecular formula is C13H17N5O. The Balaban J connectivity index is 1.91. The molecule has 2 atom stereocenters. The van der Waals surface area contributed by atoms with Crippen LogP contribution in [0.2, 0.25) is 0 Å². The molecular weight excluding hydrogens is 242 g/mol. The van der Waals surface area contributed by atoms with Crippen molar-refractivity contribution in [1.82, 2.24) is 24.9 Å². The summed E-state index contributed by atoms with van der Waals surface area (Å²) in [6, 6.07) is 3.50. The highest BCUT2D eigenvalue weighted by atomic mass is 16.2. The van der Waals surface area contributed by atoms with E-state index in [4.69, 9.17) is 0 Å². The van der Waals surface area contributed by atoms with Crippen molar-refractivity contribution in [3.8, 4) is 0 Å². The fraction of sp³-hybridized carbons (Fsp3) is 0.538. The molecule has 3 heterocycles. The number of hydrogen-bond acceptors (Lipinski definition) is 4. The number of fused-ring (bicyclic) bond motifs is 1. The number of aromatic nitrogens is 4. The summed E-state index contributed by atoms with van der Waals surface area (Å²) in [5, 5.41) is 7.86. The number of amides is 1. The van der Waals surface area contributed by atoms with Gasteiger partial charge in [-0.2, -0.15) is 4.68 Å². The summed E-state index contributed by atoms with van der Waals surface area (Å²) in [5.74, 6) is 1.06. The van der Waals surface area contributed by atoms with Gasteiger partial charge in [-0.1, -0.05) is 19.1 Å². The van der Waals surface area contributed by atoms with Crippen molar-refractivity contribution < 1.29 is 4.79 Å². The molecule has 1 aliphatic rings. The van der Waals surface area contributed by atoms with Crippen LogP contribution in [0.25, 0.3) is 11.2 Å². The maximum atomic E-state index is 12.5. The van der Waals surface area contributed by atoms with Gasteiger partial charge in [0.2, 0.25) is 5.65 Å². The predicted molar refractivity (Wildman–Crippen MR) is 70.6 cm³/mol. The van der Waals surface area contributed by atoms with Crippen molar-refractivity contribution in [3.63, 3.8) is 0 Å². The quantitative estimate of drug-likeness (QED) is 0.723. The van der Waals surface area contributed by atoms with Crippen LogP contribution in [0.1, 0.15) is 20.3 Å². The third-order valence-corrected chi connectivity index (χ3v) is 3.54. The van der Waals surface area contributed by atoms with Gasteiger partial charge in [-0.3, -0.25) is 0 Å². The average molecular weight is 259 g/mol. The van der Waals surface area contributed by atoms with E-state index in [-0.39, 0.29) is 6.03 Å². The van der Waals surface area contributed by atoms with Gasteiger partial charge in [-0.25, -0.2) is 9.78 Å². The molecule has 0 bridgehead atoms. The molecule has 6 heteroatoms. The van der Waals surface area contributed by atoms with E-state index in [9.17, 15) is 4.79 Å². The highest BCUT2D eigenvalue weighted by Crippen LogP contribution is 2.22. The van der Waals surface area contributed by atoms with Crippen LogP contribution in [0.4, 0.5) is 4.79 Å². The minimum atomic E-state index is -0.103. The zero-order valence-corrected chi connectivity index (χ0v) is 11.2. The van der Waals surface area contributed by atoms with Gasteiger partial charge in [-0.15, -0.1) is 5.10 Å². The van der Waals surface area contributed by atoms with Crippen LogP contribution in [0, 0.1) is 11.8 Å². The van der Waals surface area contributed by atoms with E-state index in [1.165, 1.54) is 11.1 Å². The van der Waals surface area contributed by atoms with Gasteiger partial charge < -0.3 is 4.90 Å². The molecule has 1 amide bonds. The molecule has 2 aromatic heterocycles. The van der Waals surface area contributed by atoms with E-state index in [2.05, 4.69) is 29.1 Å². The Labute approximate surface area is 111 Å². The lowest BCUT2D eigenvalue weighted by molar-refractivity contribution is 0.145. The van der Waals surface area contributed by atoms with Crippen LogP contribution in [0.5, 0.6) is 0 Å².